The Bertz CT molecular complexity index is 783. The first-order valence-electron chi connectivity index (χ1n) is 7.93. The first kappa shape index (κ1) is 16.2. The zero-order chi connectivity index (χ0) is 16.7. The molecule has 0 unspecified atom stereocenters. The van der Waals surface area contributed by atoms with E-state index >= 15 is 0 Å². The molecule has 24 heavy (non-hydrogen) atoms. The van der Waals surface area contributed by atoms with Crippen LogP contribution in [0.2, 0.25) is 0 Å². The number of hydrogen-bond donors (Lipinski definition) is 0. The molecule has 1 aromatic heterocycles. The summed E-state index contributed by atoms with van der Waals surface area (Å²) in [5, 5.41) is 1.72. The lowest BCUT2D eigenvalue weighted by Crippen LogP contribution is -2.28. The SMILES string of the molecule is COc1ccc([C@@H]2[C@@H](c3ccccn3)N=C3S[C@H](C)CN32)cc1I. The fraction of sp³-hybridized carbons (Fsp3) is 0.333. The summed E-state index contributed by atoms with van der Waals surface area (Å²) < 4.78 is 6.54. The van der Waals surface area contributed by atoms with Crippen molar-refractivity contribution in [3.8, 4) is 5.75 Å². The highest BCUT2D eigenvalue weighted by atomic mass is 127. The Kier molecular flexibility index (Phi) is 4.42. The van der Waals surface area contributed by atoms with Crippen LogP contribution in [-0.2, 0) is 0 Å². The van der Waals surface area contributed by atoms with Gasteiger partial charge in [0.2, 0.25) is 0 Å². The minimum absolute atomic E-state index is 0.0467. The van der Waals surface area contributed by atoms with Crippen molar-refractivity contribution in [1.29, 1.82) is 0 Å². The Morgan fingerprint density at radius 1 is 1.29 bits per heavy atom. The quantitative estimate of drug-likeness (QED) is 0.653. The second-order valence-electron chi connectivity index (χ2n) is 6.03. The second-order valence-corrected chi connectivity index (χ2v) is 8.60. The van der Waals surface area contributed by atoms with Crippen molar-refractivity contribution in [3.63, 3.8) is 0 Å². The van der Waals surface area contributed by atoms with Gasteiger partial charge in [0, 0.05) is 18.0 Å². The number of amidine groups is 1. The molecule has 2 aliphatic rings. The minimum Gasteiger partial charge on any atom is -0.496 e. The van der Waals surface area contributed by atoms with Crippen LogP contribution < -0.4 is 4.74 Å². The van der Waals surface area contributed by atoms with Crippen LogP contribution in [0.5, 0.6) is 5.75 Å². The number of methoxy groups -OCH3 is 1. The molecule has 1 aromatic carbocycles. The van der Waals surface area contributed by atoms with E-state index in [-0.39, 0.29) is 12.1 Å². The molecule has 3 atom stereocenters. The van der Waals surface area contributed by atoms with Gasteiger partial charge in [-0.3, -0.25) is 9.98 Å². The monoisotopic (exact) mass is 451 g/mol. The summed E-state index contributed by atoms with van der Waals surface area (Å²) in [5.41, 5.74) is 2.30. The van der Waals surface area contributed by atoms with E-state index in [2.05, 4.69) is 63.7 Å². The molecule has 0 spiro atoms. The minimum atomic E-state index is 0.0467. The van der Waals surface area contributed by atoms with E-state index in [1.165, 1.54) is 5.56 Å². The van der Waals surface area contributed by atoms with Gasteiger partial charge in [0.05, 0.1) is 22.4 Å². The number of halogens is 1. The van der Waals surface area contributed by atoms with Gasteiger partial charge in [0.25, 0.3) is 0 Å². The van der Waals surface area contributed by atoms with Crippen LogP contribution >= 0.6 is 34.4 Å². The molecular weight excluding hydrogens is 433 g/mol. The number of rotatable bonds is 3. The van der Waals surface area contributed by atoms with Crippen LogP contribution in [0.4, 0.5) is 0 Å². The molecular formula is C18H18IN3OS. The maximum absolute atomic E-state index is 5.41. The number of hydrogen-bond acceptors (Lipinski definition) is 5. The highest BCUT2D eigenvalue weighted by molar-refractivity contribution is 14.1. The first-order valence-corrected chi connectivity index (χ1v) is 9.88. The maximum Gasteiger partial charge on any atom is 0.160 e. The fourth-order valence-electron chi connectivity index (χ4n) is 3.34. The second kappa shape index (κ2) is 6.55. The van der Waals surface area contributed by atoms with Crippen molar-refractivity contribution in [2.45, 2.75) is 24.3 Å². The lowest BCUT2D eigenvalue weighted by molar-refractivity contribution is 0.320. The number of aliphatic imine (C=N–C) groups is 1. The molecule has 0 N–H and O–H groups in total. The van der Waals surface area contributed by atoms with Crippen LogP contribution in [-0.4, -0.2) is 34.0 Å². The van der Waals surface area contributed by atoms with E-state index in [1.54, 1.807) is 7.11 Å². The van der Waals surface area contributed by atoms with Gasteiger partial charge in [-0.2, -0.15) is 0 Å². The van der Waals surface area contributed by atoms with Crippen molar-refractivity contribution < 1.29 is 4.74 Å². The van der Waals surface area contributed by atoms with Crippen molar-refractivity contribution >= 4 is 39.5 Å². The molecule has 1 saturated heterocycles. The molecule has 2 aliphatic heterocycles. The van der Waals surface area contributed by atoms with Gasteiger partial charge in [-0.25, -0.2) is 0 Å². The van der Waals surface area contributed by atoms with Gasteiger partial charge < -0.3 is 9.64 Å². The van der Waals surface area contributed by atoms with Gasteiger partial charge in [0.1, 0.15) is 11.8 Å². The highest BCUT2D eigenvalue weighted by Crippen LogP contribution is 2.47. The summed E-state index contributed by atoms with van der Waals surface area (Å²) in [5.74, 6) is 0.914. The van der Waals surface area contributed by atoms with E-state index in [0.717, 1.165) is 26.7 Å². The highest BCUT2D eigenvalue weighted by Gasteiger charge is 2.43. The van der Waals surface area contributed by atoms with E-state index in [1.807, 2.05) is 30.1 Å². The zero-order valence-corrected chi connectivity index (χ0v) is 16.5. The molecule has 124 valence electrons. The van der Waals surface area contributed by atoms with Crippen molar-refractivity contribution in [1.82, 2.24) is 9.88 Å². The summed E-state index contributed by atoms with van der Waals surface area (Å²) in [6, 6.07) is 12.7. The van der Waals surface area contributed by atoms with Crippen LogP contribution in [0.3, 0.4) is 0 Å². The van der Waals surface area contributed by atoms with Gasteiger partial charge >= 0.3 is 0 Å². The lowest BCUT2D eigenvalue weighted by Gasteiger charge is -2.27. The predicted octanol–water partition coefficient (Wildman–Crippen LogP) is 4.28. The van der Waals surface area contributed by atoms with Crippen LogP contribution in [0.15, 0.2) is 47.6 Å². The molecule has 0 radical (unpaired) electrons. The van der Waals surface area contributed by atoms with Crippen LogP contribution in [0.25, 0.3) is 0 Å². The molecule has 4 rings (SSSR count). The first-order chi connectivity index (χ1) is 11.7. The number of pyridine rings is 1. The number of nitrogens with zero attached hydrogens (tertiary/aromatic N) is 3. The fourth-order valence-corrected chi connectivity index (χ4v) is 5.20. The summed E-state index contributed by atoms with van der Waals surface area (Å²) in [7, 11) is 1.71. The van der Waals surface area contributed by atoms with E-state index < -0.39 is 0 Å². The number of ether oxygens (including phenoxy) is 1. The average molecular weight is 451 g/mol. The molecule has 0 amide bonds. The molecule has 1 fully saturated rings. The molecule has 0 saturated carbocycles. The maximum atomic E-state index is 5.41. The topological polar surface area (TPSA) is 37.7 Å². The number of fused-ring (bicyclic) bond motifs is 1. The van der Waals surface area contributed by atoms with Gasteiger partial charge in [-0.1, -0.05) is 30.8 Å². The van der Waals surface area contributed by atoms with Gasteiger partial charge in [-0.15, -0.1) is 0 Å². The standard InChI is InChI=1S/C18H18IN3OS/c1-11-10-22-17(12-6-7-15(23-2)13(19)9-12)16(21-18(22)24-11)14-5-3-4-8-20-14/h3-9,11,16-17H,10H2,1-2H3/t11-,16-,17-/m1/s1. The largest absolute Gasteiger partial charge is 0.496 e. The Labute approximate surface area is 159 Å². The number of thioether (sulfide) groups is 1. The summed E-state index contributed by atoms with van der Waals surface area (Å²) in [6.07, 6.45) is 1.85. The summed E-state index contributed by atoms with van der Waals surface area (Å²) in [4.78, 5) is 12.0. The molecule has 2 aromatic rings. The molecule has 0 aliphatic carbocycles. The van der Waals surface area contributed by atoms with Crippen molar-refractivity contribution in [2.75, 3.05) is 13.7 Å². The van der Waals surface area contributed by atoms with Crippen molar-refractivity contribution in [3.05, 3.63) is 57.4 Å². The predicted molar refractivity (Wildman–Crippen MR) is 107 cm³/mol. The smallest absolute Gasteiger partial charge is 0.160 e. The summed E-state index contributed by atoms with van der Waals surface area (Å²) in [6.45, 7) is 3.29. The third-order valence-electron chi connectivity index (χ3n) is 4.40. The number of aromatic nitrogens is 1. The van der Waals surface area contributed by atoms with Crippen LogP contribution in [0, 0.1) is 3.57 Å². The van der Waals surface area contributed by atoms with E-state index in [4.69, 9.17) is 9.73 Å². The molecule has 3 heterocycles. The normalized spacial score (nSPS) is 25.5. The third-order valence-corrected chi connectivity index (χ3v) is 6.34. The van der Waals surface area contributed by atoms with Gasteiger partial charge in [0.15, 0.2) is 5.17 Å². The number of benzene rings is 1. The average Bonchev–Trinajstić information content (AvgIpc) is 3.11. The van der Waals surface area contributed by atoms with Crippen molar-refractivity contribution in [2.24, 2.45) is 4.99 Å². The van der Waals surface area contributed by atoms with E-state index in [9.17, 15) is 0 Å². The Morgan fingerprint density at radius 3 is 2.88 bits per heavy atom. The summed E-state index contributed by atoms with van der Waals surface area (Å²) >= 11 is 4.20. The Balaban J connectivity index is 1.77. The molecule has 0 bridgehead atoms. The molecule has 6 heteroatoms. The zero-order valence-electron chi connectivity index (χ0n) is 13.5. The van der Waals surface area contributed by atoms with Gasteiger partial charge in [-0.05, 0) is 52.4 Å². The lowest BCUT2D eigenvalue weighted by atomic mass is 9.96. The molecule has 4 nitrogen and oxygen atoms in total. The van der Waals surface area contributed by atoms with E-state index in [0.29, 0.717) is 5.25 Å². The van der Waals surface area contributed by atoms with Crippen LogP contribution in [0.1, 0.15) is 30.3 Å². The Hall–Kier alpha value is -1.28. The Morgan fingerprint density at radius 2 is 2.17 bits per heavy atom. The third kappa shape index (κ3) is 2.79.